The molecule has 2 rings (SSSR count). The summed E-state index contributed by atoms with van der Waals surface area (Å²) in [6.45, 7) is 5.34. The van der Waals surface area contributed by atoms with Crippen LogP contribution in [0.1, 0.15) is 31.9 Å². The number of esters is 1. The molecule has 7 heteroatoms. The average Bonchev–Trinajstić information content (AvgIpc) is 2.75. The summed E-state index contributed by atoms with van der Waals surface area (Å²) < 4.78 is 10.4. The van der Waals surface area contributed by atoms with Crippen LogP contribution in [-0.2, 0) is 32.3 Å². The zero-order valence-electron chi connectivity index (χ0n) is 17.5. The van der Waals surface area contributed by atoms with E-state index in [9.17, 15) is 14.4 Å². The van der Waals surface area contributed by atoms with E-state index in [0.29, 0.717) is 0 Å². The summed E-state index contributed by atoms with van der Waals surface area (Å²) in [6, 6.07) is 16.8. The molecule has 2 aromatic carbocycles. The molecule has 0 aliphatic rings. The van der Waals surface area contributed by atoms with Gasteiger partial charge in [-0.2, -0.15) is 0 Å². The number of ether oxygens (including phenoxy) is 2. The molecule has 2 N–H and O–H groups in total. The molecule has 160 valence electrons. The molecule has 0 saturated heterocycles. The predicted octanol–water partition coefficient (Wildman–Crippen LogP) is 3.19. The largest absolute Gasteiger partial charge is 0.459 e. The first-order valence-corrected chi connectivity index (χ1v) is 9.85. The van der Waals surface area contributed by atoms with Crippen molar-refractivity contribution in [3.05, 3.63) is 71.8 Å². The monoisotopic (exact) mass is 412 g/mol. The van der Waals surface area contributed by atoms with Gasteiger partial charge in [-0.25, -0.2) is 9.59 Å². The average molecular weight is 412 g/mol. The Labute approximate surface area is 176 Å². The molecule has 0 aromatic heterocycles. The molecule has 0 aliphatic carbocycles. The van der Waals surface area contributed by atoms with Crippen molar-refractivity contribution >= 4 is 18.0 Å². The van der Waals surface area contributed by atoms with E-state index < -0.39 is 30.1 Å². The summed E-state index contributed by atoms with van der Waals surface area (Å²) in [7, 11) is 0. The van der Waals surface area contributed by atoms with Crippen molar-refractivity contribution in [3.63, 3.8) is 0 Å². The maximum Gasteiger partial charge on any atom is 0.408 e. The molecule has 2 amide bonds. The van der Waals surface area contributed by atoms with Crippen molar-refractivity contribution < 1.29 is 23.9 Å². The second-order valence-corrected chi connectivity index (χ2v) is 7.25. The first kappa shape index (κ1) is 22.9. The lowest BCUT2D eigenvalue weighted by atomic mass is 10.0. The van der Waals surface area contributed by atoms with Crippen molar-refractivity contribution in [2.24, 2.45) is 5.92 Å². The highest BCUT2D eigenvalue weighted by atomic mass is 16.5. The molecule has 0 heterocycles. The molecule has 0 saturated carbocycles. The number of hydrogen-bond donors (Lipinski definition) is 2. The number of hydrogen-bond acceptors (Lipinski definition) is 5. The van der Waals surface area contributed by atoms with E-state index >= 15 is 0 Å². The first-order chi connectivity index (χ1) is 14.4. The highest BCUT2D eigenvalue weighted by Crippen LogP contribution is 2.06. The van der Waals surface area contributed by atoms with Crippen LogP contribution in [0.4, 0.5) is 4.79 Å². The summed E-state index contributed by atoms with van der Waals surface area (Å²) in [6.07, 6.45) is -0.702. The fraction of sp³-hybridized carbons (Fsp3) is 0.348. The van der Waals surface area contributed by atoms with Crippen LogP contribution < -0.4 is 10.6 Å². The number of benzene rings is 2. The SMILES string of the molecule is CC(C)[C@H](NC(=O)OCc1ccccc1)C(=O)N[C@H](C)C(=O)OCc1ccccc1. The Bertz CT molecular complexity index is 824. The highest BCUT2D eigenvalue weighted by Gasteiger charge is 2.28. The van der Waals surface area contributed by atoms with Crippen LogP contribution >= 0.6 is 0 Å². The Kier molecular flexibility index (Phi) is 8.87. The Morgan fingerprint density at radius 2 is 1.27 bits per heavy atom. The number of alkyl carbamates (subject to hydrolysis) is 1. The number of amides is 2. The summed E-state index contributed by atoms with van der Waals surface area (Å²) in [4.78, 5) is 36.9. The molecule has 30 heavy (non-hydrogen) atoms. The van der Waals surface area contributed by atoms with Gasteiger partial charge in [-0.3, -0.25) is 4.79 Å². The van der Waals surface area contributed by atoms with Crippen LogP contribution in [0.5, 0.6) is 0 Å². The number of nitrogens with one attached hydrogen (secondary N) is 2. The number of carbonyl (C=O) groups is 3. The Morgan fingerprint density at radius 3 is 1.77 bits per heavy atom. The van der Waals surface area contributed by atoms with Crippen LogP contribution in [0, 0.1) is 5.92 Å². The zero-order chi connectivity index (χ0) is 21.9. The standard InChI is InChI=1S/C23H28N2O5/c1-16(2)20(25-23(28)30-15-19-12-8-5-9-13-19)21(26)24-17(3)22(27)29-14-18-10-6-4-7-11-18/h4-13,16-17,20H,14-15H2,1-3H3,(H,24,26)(H,25,28)/t17-,20+/m1/s1. The summed E-state index contributed by atoms with van der Waals surface area (Å²) in [5.41, 5.74) is 1.69. The fourth-order valence-corrected chi connectivity index (χ4v) is 2.64. The lowest BCUT2D eigenvalue weighted by molar-refractivity contribution is -0.148. The molecule has 0 radical (unpaired) electrons. The second-order valence-electron chi connectivity index (χ2n) is 7.25. The van der Waals surface area contributed by atoms with Crippen LogP contribution in [-0.4, -0.2) is 30.1 Å². The van der Waals surface area contributed by atoms with E-state index in [0.717, 1.165) is 11.1 Å². The van der Waals surface area contributed by atoms with Crippen LogP contribution in [0.3, 0.4) is 0 Å². The molecule has 0 spiro atoms. The molecule has 0 unspecified atom stereocenters. The van der Waals surface area contributed by atoms with E-state index in [1.807, 2.05) is 60.7 Å². The quantitative estimate of drug-likeness (QED) is 0.617. The van der Waals surface area contributed by atoms with E-state index in [1.54, 1.807) is 13.8 Å². The van der Waals surface area contributed by atoms with Gasteiger partial charge in [0.1, 0.15) is 25.3 Å². The predicted molar refractivity (Wildman–Crippen MR) is 112 cm³/mol. The Balaban J connectivity index is 1.83. The molecule has 0 bridgehead atoms. The van der Waals surface area contributed by atoms with Gasteiger partial charge in [0.2, 0.25) is 5.91 Å². The molecular formula is C23H28N2O5. The zero-order valence-corrected chi connectivity index (χ0v) is 17.5. The maximum absolute atomic E-state index is 12.6. The number of carbonyl (C=O) groups excluding carboxylic acids is 3. The van der Waals surface area contributed by atoms with Gasteiger partial charge in [0, 0.05) is 0 Å². The fourth-order valence-electron chi connectivity index (χ4n) is 2.64. The van der Waals surface area contributed by atoms with Crippen LogP contribution in [0.25, 0.3) is 0 Å². The topological polar surface area (TPSA) is 93.7 Å². The molecular weight excluding hydrogens is 384 g/mol. The summed E-state index contributed by atoms with van der Waals surface area (Å²) >= 11 is 0. The summed E-state index contributed by atoms with van der Waals surface area (Å²) in [5.74, 6) is -1.24. The second kappa shape index (κ2) is 11.6. The van der Waals surface area contributed by atoms with E-state index in [-0.39, 0.29) is 19.1 Å². The lowest BCUT2D eigenvalue weighted by Crippen LogP contribution is -2.53. The van der Waals surface area contributed by atoms with Gasteiger partial charge in [0.05, 0.1) is 0 Å². The summed E-state index contributed by atoms with van der Waals surface area (Å²) in [5, 5.41) is 5.16. The molecule has 7 nitrogen and oxygen atoms in total. The van der Waals surface area contributed by atoms with Crippen molar-refractivity contribution in [3.8, 4) is 0 Å². The highest BCUT2D eigenvalue weighted by molar-refractivity contribution is 5.89. The van der Waals surface area contributed by atoms with Gasteiger partial charge in [0.15, 0.2) is 0 Å². The van der Waals surface area contributed by atoms with Crippen molar-refractivity contribution in [2.45, 2.75) is 46.1 Å². The van der Waals surface area contributed by atoms with E-state index in [2.05, 4.69) is 10.6 Å². The first-order valence-electron chi connectivity index (χ1n) is 9.85. The minimum absolute atomic E-state index is 0.0985. The lowest BCUT2D eigenvalue weighted by Gasteiger charge is -2.23. The Hall–Kier alpha value is -3.35. The molecule has 2 aromatic rings. The number of rotatable bonds is 9. The maximum atomic E-state index is 12.6. The third-order valence-electron chi connectivity index (χ3n) is 4.37. The van der Waals surface area contributed by atoms with E-state index in [4.69, 9.17) is 9.47 Å². The van der Waals surface area contributed by atoms with Gasteiger partial charge in [-0.1, -0.05) is 74.5 Å². The van der Waals surface area contributed by atoms with Gasteiger partial charge in [-0.15, -0.1) is 0 Å². The van der Waals surface area contributed by atoms with Crippen molar-refractivity contribution in [1.82, 2.24) is 10.6 Å². The van der Waals surface area contributed by atoms with Crippen LogP contribution in [0.15, 0.2) is 60.7 Å². The molecule has 0 aliphatic heterocycles. The van der Waals surface area contributed by atoms with Gasteiger partial charge in [-0.05, 0) is 24.0 Å². The van der Waals surface area contributed by atoms with Gasteiger partial charge in [0.25, 0.3) is 0 Å². The third kappa shape index (κ3) is 7.58. The van der Waals surface area contributed by atoms with Crippen molar-refractivity contribution in [2.75, 3.05) is 0 Å². The third-order valence-corrected chi connectivity index (χ3v) is 4.37. The Morgan fingerprint density at radius 1 is 0.767 bits per heavy atom. The van der Waals surface area contributed by atoms with Gasteiger partial charge >= 0.3 is 12.1 Å². The smallest absolute Gasteiger partial charge is 0.408 e. The van der Waals surface area contributed by atoms with Crippen LogP contribution in [0.2, 0.25) is 0 Å². The molecule has 2 atom stereocenters. The minimum atomic E-state index is -0.857. The molecule has 0 fully saturated rings. The normalized spacial score (nSPS) is 12.5. The van der Waals surface area contributed by atoms with E-state index in [1.165, 1.54) is 6.92 Å². The van der Waals surface area contributed by atoms with Crippen molar-refractivity contribution in [1.29, 1.82) is 0 Å². The minimum Gasteiger partial charge on any atom is -0.459 e. The van der Waals surface area contributed by atoms with Gasteiger partial charge < -0.3 is 20.1 Å².